The number of aromatic nitrogens is 2. The van der Waals surface area contributed by atoms with Crippen LogP contribution in [0.3, 0.4) is 0 Å². The van der Waals surface area contributed by atoms with E-state index in [0.29, 0.717) is 24.9 Å². The zero-order valence-corrected chi connectivity index (χ0v) is 8.22. The SMILES string of the molecule is N#CCC1(n2cc(N)cn2)CC(C#N)C1. The molecule has 0 bridgehead atoms. The molecule has 0 unspecified atom stereocenters. The molecule has 5 heteroatoms. The summed E-state index contributed by atoms with van der Waals surface area (Å²) in [6, 6.07) is 4.36. The van der Waals surface area contributed by atoms with Crippen LogP contribution in [0.4, 0.5) is 5.69 Å². The van der Waals surface area contributed by atoms with E-state index in [1.54, 1.807) is 17.1 Å². The molecule has 1 saturated carbocycles. The van der Waals surface area contributed by atoms with Crippen LogP contribution in [-0.4, -0.2) is 9.78 Å². The predicted molar refractivity (Wildman–Crippen MR) is 53.2 cm³/mol. The first kappa shape index (κ1) is 9.54. The molecular formula is C10H11N5. The highest BCUT2D eigenvalue weighted by Gasteiger charge is 2.46. The van der Waals surface area contributed by atoms with Crippen LogP contribution in [0.25, 0.3) is 0 Å². The fraction of sp³-hybridized carbons (Fsp3) is 0.500. The number of hydrogen-bond donors (Lipinski definition) is 1. The van der Waals surface area contributed by atoms with Crippen molar-refractivity contribution in [2.45, 2.75) is 24.8 Å². The molecule has 1 aliphatic rings. The average Bonchev–Trinajstić information content (AvgIpc) is 2.58. The van der Waals surface area contributed by atoms with Crippen molar-refractivity contribution >= 4 is 5.69 Å². The largest absolute Gasteiger partial charge is 0.396 e. The summed E-state index contributed by atoms with van der Waals surface area (Å²) in [5.74, 6) is 0.0452. The van der Waals surface area contributed by atoms with Crippen molar-refractivity contribution in [1.82, 2.24) is 9.78 Å². The maximum atomic E-state index is 8.79. The van der Waals surface area contributed by atoms with Gasteiger partial charge < -0.3 is 5.73 Å². The zero-order valence-electron chi connectivity index (χ0n) is 8.22. The Hall–Kier alpha value is -2.01. The fourth-order valence-electron chi connectivity index (χ4n) is 2.10. The van der Waals surface area contributed by atoms with E-state index < -0.39 is 0 Å². The Balaban J connectivity index is 2.24. The number of nitriles is 2. The normalized spacial score (nSPS) is 28.8. The van der Waals surface area contributed by atoms with Gasteiger partial charge in [0.2, 0.25) is 0 Å². The van der Waals surface area contributed by atoms with E-state index in [1.165, 1.54) is 0 Å². The summed E-state index contributed by atoms with van der Waals surface area (Å²) < 4.78 is 1.74. The average molecular weight is 201 g/mol. The summed E-state index contributed by atoms with van der Waals surface area (Å²) in [5, 5.41) is 21.7. The van der Waals surface area contributed by atoms with Gasteiger partial charge in [-0.1, -0.05) is 0 Å². The molecule has 1 aliphatic carbocycles. The van der Waals surface area contributed by atoms with Gasteiger partial charge in [0.1, 0.15) is 0 Å². The molecule has 2 rings (SSSR count). The Morgan fingerprint density at radius 2 is 2.33 bits per heavy atom. The second kappa shape index (κ2) is 3.29. The summed E-state index contributed by atoms with van der Waals surface area (Å²) in [5.41, 5.74) is 5.88. The van der Waals surface area contributed by atoms with Gasteiger partial charge in [0.25, 0.3) is 0 Å². The molecular weight excluding hydrogens is 190 g/mol. The molecule has 1 heterocycles. The van der Waals surface area contributed by atoms with Crippen LogP contribution in [-0.2, 0) is 5.54 Å². The summed E-state index contributed by atoms with van der Waals surface area (Å²) in [7, 11) is 0. The number of anilines is 1. The van der Waals surface area contributed by atoms with Gasteiger partial charge in [0, 0.05) is 6.20 Å². The Morgan fingerprint density at radius 1 is 1.60 bits per heavy atom. The number of nitrogens with zero attached hydrogens (tertiary/aromatic N) is 4. The van der Waals surface area contributed by atoms with Gasteiger partial charge in [-0.15, -0.1) is 0 Å². The lowest BCUT2D eigenvalue weighted by atomic mass is 9.67. The summed E-state index contributed by atoms with van der Waals surface area (Å²) in [4.78, 5) is 0. The predicted octanol–water partition coefficient (Wildman–Crippen LogP) is 1.01. The van der Waals surface area contributed by atoms with Gasteiger partial charge in [-0.2, -0.15) is 15.6 Å². The summed E-state index contributed by atoms with van der Waals surface area (Å²) in [6.07, 6.45) is 5.06. The monoisotopic (exact) mass is 201 g/mol. The number of hydrogen-bond acceptors (Lipinski definition) is 4. The van der Waals surface area contributed by atoms with Crippen molar-refractivity contribution in [2.24, 2.45) is 5.92 Å². The van der Waals surface area contributed by atoms with E-state index in [1.807, 2.05) is 0 Å². The highest BCUT2D eigenvalue weighted by atomic mass is 15.3. The van der Waals surface area contributed by atoms with Gasteiger partial charge in [0.05, 0.1) is 41.9 Å². The first-order chi connectivity index (χ1) is 7.20. The van der Waals surface area contributed by atoms with Crippen LogP contribution in [0.15, 0.2) is 12.4 Å². The second-order valence-corrected chi connectivity index (χ2v) is 4.01. The third-order valence-corrected chi connectivity index (χ3v) is 2.93. The van der Waals surface area contributed by atoms with Crippen LogP contribution in [0.5, 0.6) is 0 Å². The molecule has 0 aromatic carbocycles. The smallest absolute Gasteiger partial charge is 0.0782 e. The fourth-order valence-corrected chi connectivity index (χ4v) is 2.10. The molecule has 0 spiro atoms. The van der Waals surface area contributed by atoms with E-state index in [4.69, 9.17) is 16.3 Å². The van der Waals surface area contributed by atoms with E-state index >= 15 is 0 Å². The van der Waals surface area contributed by atoms with Crippen molar-refractivity contribution in [3.63, 3.8) is 0 Å². The van der Waals surface area contributed by atoms with Crippen molar-refractivity contribution < 1.29 is 0 Å². The minimum atomic E-state index is -0.299. The van der Waals surface area contributed by atoms with E-state index in [2.05, 4.69) is 17.2 Å². The molecule has 0 atom stereocenters. The van der Waals surface area contributed by atoms with Crippen LogP contribution in [0.1, 0.15) is 19.3 Å². The minimum Gasteiger partial charge on any atom is -0.396 e. The Labute approximate surface area is 87.7 Å². The third kappa shape index (κ3) is 1.42. The zero-order chi connectivity index (χ0) is 10.9. The van der Waals surface area contributed by atoms with Crippen molar-refractivity contribution in [3.8, 4) is 12.1 Å². The molecule has 2 N–H and O–H groups in total. The van der Waals surface area contributed by atoms with Crippen molar-refractivity contribution in [2.75, 3.05) is 5.73 Å². The van der Waals surface area contributed by atoms with E-state index in [-0.39, 0.29) is 11.5 Å². The summed E-state index contributed by atoms with van der Waals surface area (Å²) >= 11 is 0. The number of nitrogen functional groups attached to an aromatic ring is 1. The first-order valence-corrected chi connectivity index (χ1v) is 4.77. The molecule has 0 aliphatic heterocycles. The minimum absolute atomic E-state index is 0.0452. The number of nitrogens with two attached hydrogens (primary N) is 1. The van der Waals surface area contributed by atoms with Crippen LogP contribution >= 0.6 is 0 Å². The Kier molecular flexibility index (Phi) is 2.09. The third-order valence-electron chi connectivity index (χ3n) is 2.93. The van der Waals surface area contributed by atoms with Crippen molar-refractivity contribution in [3.05, 3.63) is 12.4 Å². The lowest BCUT2D eigenvalue weighted by Gasteiger charge is -2.43. The van der Waals surface area contributed by atoms with E-state index in [9.17, 15) is 0 Å². The first-order valence-electron chi connectivity index (χ1n) is 4.77. The maximum absolute atomic E-state index is 8.79. The maximum Gasteiger partial charge on any atom is 0.0782 e. The van der Waals surface area contributed by atoms with Gasteiger partial charge in [-0.05, 0) is 12.8 Å². The molecule has 76 valence electrons. The van der Waals surface area contributed by atoms with Crippen LogP contribution in [0.2, 0.25) is 0 Å². The standard InChI is InChI=1S/C10H11N5/c11-2-1-10(3-8(4-10)5-12)15-7-9(13)6-14-15/h6-8H,1,3-4,13H2. The topological polar surface area (TPSA) is 91.4 Å². The Bertz CT molecular complexity index is 441. The number of rotatable bonds is 2. The van der Waals surface area contributed by atoms with Crippen LogP contribution < -0.4 is 5.73 Å². The van der Waals surface area contributed by atoms with E-state index in [0.717, 1.165) is 0 Å². The molecule has 0 radical (unpaired) electrons. The van der Waals surface area contributed by atoms with Gasteiger partial charge >= 0.3 is 0 Å². The molecule has 0 saturated heterocycles. The van der Waals surface area contributed by atoms with Crippen LogP contribution in [0, 0.1) is 28.6 Å². The quantitative estimate of drug-likeness (QED) is 0.772. The molecule has 1 fully saturated rings. The molecule has 5 nitrogen and oxygen atoms in total. The lowest BCUT2D eigenvalue weighted by Crippen LogP contribution is -2.46. The lowest BCUT2D eigenvalue weighted by molar-refractivity contribution is 0.0882. The highest BCUT2D eigenvalue weighted by molar-refractivity contribution is 5.31. The van der Waals surface area contributed by atoms with Crippen molar-refractivity contribution in [1.29, 1.82) is 10.5 Å². The highest BCUT2D eigenvalue weighted by Crippen LogP contribution is 2.45. The van der Waals surface area contributed by atoms with Gasteiger partial charge in [0.15, 0.2) is 0 Å². The van der Waals surface area contributed by atoms with Gasteiger partial charge in [-0.25, -0.2) is 0 Å². The second-order valence-electron chi connectivity index (χ2n) is 4.01. The van der Waals surface area contributed by atoms with Gasteiger partial charge in [-0.3, -0.25) is 4.68 Å². The molecule has 1 aromatic heterocycles. The molecule has 15 heavy (non-hydrogen) atoms. The molecule has 0 amide bonds. The molecule has 1 aromatic rings. The Morgan fingerprint density at radius 3 is 2.80 bits per heavy atom. The summed E-state index contributed by atoms with van der Waals surface area (Å²) in [6.45, 7) is 0.